The number of aromatic nitrogens is 3. The molecule has 0 aliphatic rings. The van der Waals surface area contributed by atoms with Gasteiger partial charge in [0.05, 0.1) is 17.6 Å². The SMILES string of the molecule is Cc1nc2ccnn2c(N)c1N. The van der Waals surface area contributed by atoms with Crippen molar-refractivity contribution in [1.82, 2.24) is 14.6 Å². The van der Waals surface area contributed by atoms with Crippen molar-refractivity contribution in [3.05, 3.63) is 18.0 Å². The van der Waals surface area contributed by atoms with E-state index in [1.165, 1.54) is 4.52 Å². The molecule has 4 N–H and O–H groups in total. The van der Waals surface area contributed by atoms with Crippen LogP contribution < -0.4 is 11.5 Å². The fourth-order valence-electron chi connectivity index (χ4n) is 1.10. The third-order valence-electron chi connectivity index (χ3n) is 1.80. The molecule has 12 heavy (non-hydrogen) atoms. The van der Waals surface area contributed by atoms with Crippen molar-refractivity contribution in [2.24, 2.45) is 0 Å². The van der Waals surface area contributed by atoms with Crippen LogP contribution in [0.5, 0.6) is 0 Å². The van der Waals surface area contributed by atoms with Crippen LogP contribution in [0.15, 0.2) is 12.3 Å². The molecule has 5 nitrogen and oxygen atoms in total. The molecule has 0 aliphatic heterocycles. The minimum Gasteiger partial charge on any atom is -0.394 e. The minimum atomic E-state index is 0.447. The molecule has 0 spiro atoms. The van der Waals surface area contributed by atoms with Crippen molar-refractivity contribution in [3.63, 3.8) is 0 Å². The van der Waals surface area contributed by atoms with Crippen LogP contribution in [-0.2, 0) is 0 Å². The summed E-state index contributed by atoms with van der Waals surface area (Å²) in [7, 11) is 0. The molecule has 2 aromatic heterocycles. The van der Waals surface area contributed by atoms with E-state index in [0.717, 1.165) is 11.3 Å². The maximum absolute atomic E-state index is 5.70. The molecule has 2 rings (SSSR count). The lowest BCUT2D eigenvalue weighted by atomic mass is 10.3. The van der Waals surface area contributed by atoms with E-state index in [1.807, 2.05) is 6.92 Å². The van der Waals surface area contributed by atoms with Crippen LogP contribution in [0.1, 0.15) is 5.69 Å². The number of hydrogen-bond donors (Lipinski definition) is 2. The van der Waals surface area contributed by atoms with Crippen LogP contribution in [0, 0.1) is 6.92 Å². The number of nitrogens with two attached hydrogens (primary N) is 2. The Balaban J connectivity index is 2.94. The normalized spacial score (nSPS) is 10.8. The van der Waals surface area contributed by atoms with E-state index in [1.54, 1.807) is 12.3 Å². The van der Waals surface area contributed by atoms with Gasteiger partial charge in [-0.05, 0) is 6.92 Å². The first kappa shape index (κ1) is 6.90. The molecule has 0 aromatic carbocycles. The Bertz CT molecular complexity index is 431. The smallest absolute Gasteiger partial charge is 0.157 e. The first-order valence-corrected chi connectivity index (χ1v) is 3.55. The zero-order valence-corrected chi connectivity index (χ0v) is 6.65. The Morgan fingerprint density at radius 2 is 2.17 bits per heavy atom. The Morgan fingerprint density at radius 3 is 2.92 bits per heavy atom. The first-order chi connectivity index (χ1) is 5.70. The molecule has 2 aromatic rings. The summed E-state index contributed by atoms with van der Waals surface area (Å²) in [5, 5.41) is 3.97. The topological polar surface area (TPSA) is 82.2 Å². The number of nitrogens with zero attached hydrogens (tertiary/aromatic N) is 3. The highest BCUT2D eigenvalue weighted by Gasteiger charge is 2.05. The third-order valence-corrected chi connectivity index (χ3v) is 1.80. The van der Waals surface area contributed by atoms with Gasteiger partial charge in [0.25, 0.3) is 0 Å². The molecule has 5 heteroatoms. The predicted molar refractivity (Wildman–Crippen MR) is 46.5 cm³/mol. The summed E-state index contributed by atoms with van der Waals surface area (Å²) in [6.07, 6.45) is 1.64. The molecular formula is C7H9N5. The van der Waals surface area contributed by atoms with Gasteiger partial charge in [-0.25, -0.2) is 4.98 Å². The number of nitrogen functional groups attached to an aromatic ring is 2. The molecule has 62 valence electrons. The van der Waals surface area contributed by atoms with Crippen molar-refractivity contribution in [2.45, 2.75) is 6.92 Å². The van der Waals surface area contributed by atoms with Gasteiger partial charge in [-0.3, -0.25) is 0 Å². The lowest BCUT2D eigenvalue weighted by molar-refractivity contribution is 0.946. The van der Waals surface area contributed by atoms with Gasteiger partial charge in [0.2, 0.25) is 0 Å². The molecule has 0 atom stereocenters. The largest absolute Gasteiger partial charge is 0.394 e. The summed E-state index contributed by atoms with van der Waals surface area (Å²) in [6, 6.07) is 1.78. The molecule has 0 bridgehead atoms. The number of hydrogen-bond acceptors (Lipinski definition) is 4. The summed E-state index contributed by atoms with van der Waals surface area (Å²) < 4.78 is 1.52. The van der Waals surface area contributed by atoms with Crippen molar-refractivity contribution >= 4 is 17.2 Å². The van der Waals surface area contributed by atoms with E-state index in [0.29, 0.717) is 11.5 Å². The van der Waals surface area contributed by atoms with Gasteiger partial charge >= 0.3 is 0 Å². The lowest BCUT2D eigenvalue weighted by Crippen LogP contribution is -2.06. The van der Waals surface area contributed by atoms with Gasteiger partial charge in [-0.2, -0.15) is 9.61 Å². The fourth-order valence-corrected chi connectivity index (χ4v) is 1.10. The molecule has 0 radical (unpaired) electrons. The molecule has 0 fully saturated rings. The maximum atomic E-state index is 5.70. The van der Waals surface area contributed by atoms with E-state index in [-0.39, 0.29) is 0 Å². The number of fused-ring (bicyclic) bond motifs is 1. The Morgan fingerprint density at radius 1 is 1.42 bits per heavy atom. The summed E-state index contributed by atoms with van der Waals surface area (Å²) in [4.78, 5) is 4.19. The van der Waals surface area contributed by atoms with Crippen molar-refractivity contribution in [1.29, 1.82) is 0 Å². The van der Waals surface area contributed by atoms with Gasteiger partial charge in [0.15, 0.2) is 11.5 Å². The average molecular weight is 163 g/mol. The molecule has 0 unspecified atom stereocenters. The zero-order valence-electron chi connectivity index (χ0n) is 6.65. The van der Waals surface area contributed by atoms with Gasteiger partial charge in [-0.15, -0.1) is 0 Å². The summed E-state index contributed by atoms with van der Waals surface area (Å²) >= 11 is 0. The second kappa shape index (κ2) is 2.10. The predicted octanol–water partition coefficient (Wildman–Crippen LogP) is 0.202. The van der Waals surface area contributed by atoms with Crippen molar-refractivity contribution in [3.8, 4) is 0 Å². The summed E-state index contributed by atoms with van der Waals surface area (Å²) in [5.41, 5.74) is 13.3. The summed E-state index contributed by atoms with van der Waals surface area (Å²) in [6.45, 7) is 1.82. The van der Waals surface area contributed by atoms with Crippen molar-refractivity contribution < 1.29 is 0 Å². The first-order valence-electron chi connectivity index (χ1n) is 3.55. The summed E-state index contributed by atoms with van der Waals surface area (Å²) in [5.74, 6) is 0.447. The van der Waals surface area contributed by atoms with Gasteiger partial charge in [0, 0.05) is 6.07 Å². The Labute approximate surface area is 69.0 Å². The second-order valence-corrected chi connectivity index (χ2v) is 2.60. The van der Waals surface area contributed by atoms with E-state index in [2.05, 4.69) is 10.1 Å². The molecule has 0 amide bonds. The van der Waals surface area contributed by atoms with Crippen LogP contribution in [0.4, 0.5) is 11.5 Å². The second-order valence-electron chi connectivity index (χ2n) is 2.60. The monoisotopic (exact) mass is 163 g/mol. The molecule has 2 heterocycles. The molecule has 0 saturated heterocycles. The van der Waals surface area contributed by atoms with Gasteiger partial charge < -0.3 is 11.5 Å². The van der Waals surface area contributed by atoms with Crippen LogP contribution in [0.3, 0.4) is 0 Å². The molecule has 0 aliphatic carbocycles. The van der Waals surface area contributed by atoms with E-state index in [4.69, 9.17) is 11.5 Å². The Hall–Kier alpha value is -1.78. The van der Waals surface area contributed by atoms with Crippen LogP contribution in [0.2, 0.25) is 0 Å². The quantitative estimate of drug-likeness (QED) is 0.581. The third kappa shape index (κ3) is 0.730. The van der Waals surface area contributed by atoms with Gasteiger partial charge in [0.1, 0.15) is 0 Å². The van der Waals surface area contributed by atoms with Gasteiger partial charge in [-0.1, -0.05) is 0 Å². The standard InChI is InChI=1S/C7H9N5/c1-4-6(8)7(9)12-5(11-4)2-3-10-12/h2-3H,8-9H2,1H3. The van der Waals surface area contributed by atoms with E-state index >= 15 is 0 Å². The fraction of sp³-hybridized carbons (Fsp3) is 0.143. The lowest BCUT2D eigenvalue weighted by Gasteiger charge is -2.04. The van der Waals surface area contributed by atoms with E-state index < -0.39 is 0 Å². The number of aryl methyl sites for hydroxylation is 1. The molecule has 0 saturated carbocycles. The van der Waals surface area contributed by atoms with E-state index in [9.17, 15) is 0 Å². The highest BCUT2D eigenvalue weighted by atomic mass is 15.3. The van der Waals surface area contributed by atoms with Crippen LogP contribution in [0.25, 0.3) is 5.65 Å². The highest BCUT2D eigenvalue weighted by molar-refractivity contribution is 5.65. The molecular weight excluding hydrogens is 154 g/mol. The number of anilines is 2. The highest BCUT2D eigenvalue weighted by Crippen LogP contribution is 2.17. The average Bonchev–Trinajstić information content (AvgIpc) is 2.48. The number of rotatable bonds is 0. The van der Waals surface area contributed by atoms with Crippen molar-refractivity contribution in [2.75, 3.05) is 11.5 Å². The zero-order chi connectivity index (χ0) is 8.72. The van der Waals surface area contributed by atoms with Crippen LogP contribution >= 0.6 is 0 Å². The van der Waals surface area contributed by atoms with Crippen LogP contribution in [-0.4, -0.2) is 14.6 Å². The maximum Gasteiger partial charge on any atom is 0.157 e. The Kier molecular flexibility index (Phi) is 1.21. The minimum absolute atomic E-state index is 0.447.